The zero-order valence-corrected chi connectivity index (χ0v) is 15.8. The summed E-state index contributed by atoms with van der Waals surface area (Å²) in [5, 5.41) is 8.99. The number of carbonyl (C=O) groups excluding carboxylic acids is 1. The molecule has 2 atom stereocenters. The van der Waals surface area contributed by atoms with Crippen LogP contribution in [0.3, 0.4) is 0 Å². The van der Waals surface area contributed by atoms with Crippen molar-refractivity contribution >= 4 is 22.4 Å². The Morgan fingerprint density at radius 3 is 2.62 bits per heavy atom. The van der Waals surface area contributed by atoms with Gasteiger partial charge in [-0.3, -0.25) is 9.00 Å². The summed E-state index contributed by atoms with van der Waals surface area (Å²) < 4.78 is 26.1. The van der Waals surface area contributed by atoms with Crippen LogP contribution in [0.15, 0.2) is 18.2 Å². The van der Waals surface area contributed by atoms with E-state index in [-0.39, 0.29) is 17.1 Å². The molecule has 1 amide bonds. The molecule has 2 aliphatic heterocycles. The van der Waals surface area contributed by atoms with Gasteiger partial charge in [-0.2, -0.15) is 5.26 Å². The first-order valence-corrected chi connectivity index (χ1v) is 10.5. The molecular weight excluding hydrogens is 353 g/mol. The number of halogens is 1. The van der Waals surface area contributed by atoms with Crippen LogP contribution in [0.1, 0.15) is 31.7 Å². The maximum absolute atomic E-state index is 14.2. The highest BCUT2D eigenvalue weighted by Gasteiger charge is 2.31. The topological polar surface area (TPSA) is 64.4 Å². The third kappa shape index (κ3) is 4.07. The Morgan fingerprint density at radius 2 is 1.96 bits per heavy atom. The number of piperidine rings is 1. The Kier molecular flexibility index (Phi) is 5.92. The van der Waals surface area contributed by atoms with Gasteiger partial charge in [0.15, 0.2) is 0 Å². The summed E-state index contributed by atoms with van der Waals surface area (Å²) in [4.78, 5) is 16.6. The van der Waals surface area contributed by atoms with E-state index in [4.69, 9.17) is 5.26 Å². The quantitative estimate of drug-likeness (QED) is 0.793. The van der Waals surface area contributed by atoms with Crippen molar-refractivity contribution in [2.24, 2.45) is 5.92 Å². The fourth-order valence-electron chi connectivity index (χ4n) is 3.66. The Labute approximate surface area is 156 Å². The molecule has 0 spiro atoms. The van der Waals surface area contributed by atoms with Gasteiger partial charge in [-0.1, -0.05) is 6.92 Å². The van der Waals surface area contributed by atoms with Crippen molar-refractivity contribution in [1.29, 1.82) is 5.26 Å². The van der Waals surface area contributed by atoms with Gasteiger partial charge < -0.3 is 9.80 Å². The Bertz CT molecular complexity index is 741. The lowest BCUT2D eigenvalue weighted by atomic mass is 9.94. The zero-order chi connectivity index (χ0) is 18.7. The number of carbonyl (C=O) groups is 1. The fourth-order valence-corrected chi connectivity index (χ4v) is 4.83. The molecule has 0 aromatic heterocycles. The lowest BCUT2D eigenvalue weighted by Gasteiger charge is -2.35. The van der Waals surface area contributed by atoms with Crippen LogP contribution in [0.25, 0.3) is 0 Å². The minimum atomic E-state index is -0.847. The van der Waals surface area contributed by atoms with Crippen LogP contribution in [0.2, 0.25) is 0 Å². The standard InChI is InChI=1S/C19H24FN3O2S/c1-14-4-7-23(10-11-26(14)25)19(24)16-5-8-22(9-6-16)18-3-2-15(13-21)12-17(18)20/h2-3,12,14,16H,4-11H2,1H3. The first kappa shape index (κ1) is 18.8. The molecule has 1 aromatic rings. The van der Waals surface area contributed by atoms with Crippen molar-refractivity contribution < 1.29 is 13.4 Å². The lowest BCUT2D eigenvalue weighted by molar-refractivity contribution is -0.135. The largest absolute Gasteiger partial charge is 0.369 e. The number of rotatable bonds is 2. The van der Waals surface area contributed by atoms with Gasteiger partial charge in [-0.05, 0) is 37.5 Å². The van der Waals surface area contributed by atoms with E-state index in [9.17, 15) is 13.4 Å². The second-order valence-corrected chi connectivity index (χ2v) is 9.02. The minimum Gasteiger partial charge on any atom is -0.369 e. The molecule has 1 aromatic carbocycles. The molecule has 2 unspecified atom stereocenters. The minimum absolute atomic E-state index is 0.0467. The molecule has 0 N–H and O–H groups in total. The van der Waals surface area contributed by atoms with Crippen molar-refractivity contribution in [1.82, 2.24) is 4.90 Å². The van der Waals surface area contributed by atoms with Crippen LogP contribution >= 0.6 is 0 Å². The van der Waals surface area contributed by atoms with Gasteiger partial charge in [0.25, 0.3) is 0 Å². The number of amides is 1. The molecule has 0 aliphatic carbocycles. The molecule has 2 aliphatic rings. The normalized spacial score (nSPS) is 24.8. The van der Waals surface area contributed by atoms with E-state index in [0.717, 1.165) is 6.42 Å². The molecule has 5 nitrogen and oxygen atoms in total. The highest BCUT2D eigenvalue weighted by Crippen LogP contribution is 2.27. The van der Waals surface area contributed by atoms with Crippen LogP contribution in [-0.2, 0) is 15.6 Å². The van der Waals surface area contributed by atoms with Gasteiger partial charge in [0.05, 0.1) is 17.3 Å². The van der Waals surface area contributed by atoms with Crippen molar-refractivity contribution in [3.63, 3.8) is 0 Å². The van der Waals surface area contributed by atoms with E-state index >= 15 is 0 Å². The Morgan fingerprint density at radius 1 is 1.23 bits per heavy atom. The average Bonchev–Trinajstić information content (AvgIpc) is 2.83. The van der Waals surface area contributed by atoms with E-state index < -0.39 is 16.6 Å². The fraction of sp³-hybridized carbons (Fsp3) is 0.579. The summed E-state index contributed by atoms with van der Waals surface area (Å²) in [6.45, 7) is 4.47. The first-order chi connectivity index (χ1) is 12.5. The number of benzene rings is 1. The number of hydrogen-bond donors (Lipinski definition) is 0. The van der Waals surface area contributed by atoms with Crippen LogP contribution < -0.4 is 4.90 Å². The van der Waals surface area contributed by atoms with Gasteiger partial charge in [-0.25, -0.2) is 4.39 Å². The molecule has 2 heterocycles. The number of nitriles is 1. The molecular formula is C19H24FN3O2S. The highest BCUT2D eigenvalue weighted by atomic mass is 32.2. The summed E-state index contributed by atoms with van der Waals surface area (Å²) in [6.07, 6.45) is 2.16. The Balaban J connectivity index is 1.59. The smallest absolute Gasteiger partial charge is 0.225 e. The predicted molar refractivity (Wildman–Crippen MR) is 99.7 cm³/mol. The van der Waals surface area contributed by atoms with Crippen molar-refractivity contribution in [2.75, 3.05) is 36.8 Å². The molecule has 0 radical (unpaired) electrons. The molecule has 0 bridgehead atoms. The molecule has 26 heavy (non-hydrogen) atoms. The molecule has 7 heteroatoms. The number of nitrogens with zero attached hydrogens (tertiary/aromatic N) is 3. The number of hydrogen-bond acceptors (Lipinski definition) is 4. The van der Waals surface area contributed by atoms with Crippen LogP contribution in [0, 0.1) is 23.1 Å². The zero-order valence-electron chi connectivity index (χ0n) is 15.0. The molecule has 2 saturated heterocycles. The van der Waals surface area contributed by atoms with Crippen molar-refractivity contribution in [3.05, 3.63) is 29.6 Å². The molecule has 3 rings (SSSR count). The van der Waals surface area contributed by atoms with Gasteiger partial charge in [-0.15, -0.1) is 0 Å². The summed E-state index contributed by atoms with van der Waals surface area (Å²) >= 11 is 0. The number of anilines is 1. The maximum Gasteiger partial charge on any atom is 0.225 e. The van der Waals surface area contributed by atoms with Gasteiger partial charge in [0, 0.05) is 53.9 Å². The monoisotopic (exact) mass is 377 g/mol. The molecule has 2 fully saturated rings. The van der Waals surface area contributed by atoms with Crippen molar-refractivity contribution in [2.45, 2.75) is 31.4 Å². The Hall–Kier alpha value is -1.94. The van der Waals surface area contributed by atoms with E-state index in [1.807, 2.05) is 22.8 Å². The molecule has 0 saturated carbocycles. The third-order valence-electron chi connectivity index (χ3n) is 5.39. The van der Waals surface area contributed by atoms with Crippen LogP contribution in [-0.4, -0.2) is 52.2 Å². The van der Waals surface area contributed by atoms with Crippen LogP contribution in [0.4, 0.5) is 10.1 Å². The van der Waals surface area contributed by atoms with Gasteiger partial charge >= 0.3 is 0 Å². The van der Waals surface area contributed by atoms with E-state index in [2.05, 4.69) is 0 Å². The lowest BCUT2D eigenvalue weighted by Crippen LogP contribution is -2.43. The first-order valence-electron chi connectivity index (χ1n) is 9.10. The summed E-state index contributed by atoms with van der Waals surface area (Å²) in [5.41, 5.74) is 0.804. The SMILES string of the molecule is CC1CCN(C(=O)C2CCN(c3ccc(C#N)cc3F)CC2)CCS1=O. The second kappa shape index (κ2) is 8.17. The maximum atomic E-state index is 14.2. The van der Waals surface area contributed by atoms with E-state index in [1.54, 1.807) is 12.1 Å². The highest BCUT2D eigenvalue weighted by molar-refractivity contribution is 7.85. The van der Waals surface area contributed by atoms with E-state index in [1.165, 1.54) is 6.07 Å². The summed E-state index contributed by atoms with van der Waals surface area (Å²) in [6, 6.07) is 6.45. The van der Waals surface area contributed by atoms with E-state index in [0.29, 0.717) is 56.0 Å². The van der Waals surface area contributed by atoms with Gasteiger partial charge in [0.2, 0.25) is 5.91 Å². The average molecular weight is 377 g/mol. The van der Waals surface area contributed by atoms with Gasteiger partial charge in [0.1, 0.15) is 5.82 Å². The second-order valence-electron chi connectivity index (χ2n) is 7.05. The summed E-state index contributed by atoms with van der Waals surface area (Å²) in [5.74, 6) is 0.269. The summed E-state index contributed by atoms with van der Waals surface area (Å²) in [7, 11) is -0.847. The predicted octanol–water partition coefficient (Wildman–Crippen LogP) is 2.28. The van der Waals surface area contributed by atoms with Crippen molar-refractivity contribution in [3.8, 4) is 6.07 Å². The van der Waals surface area contributed by atoms with Crippen LogP contribution in [0.5, 0.6) is 0 Å². The third-order valence-corrected chi connectivity index (χ3v) is 7.11. The molecule has 140 valence electrons.